The minimum absolute atomic E-state index is 0. The van der Waals surface area contributed by atoms with Gasteiger partial charge in [-0.15, -0.1) is 12.4 Å². The lowest BCUT2D eigenvalue weighted by Crippen LogP contribution is -1.95. The van der Waals surface area contributed by atoms with Crippen LogP contribution in [-0.4, -0.2) is 5.71 Å². The van der Waals surface area contributed by atoms with Crippen molar-refractivity contribution in [3.05, 3.63) is 72.5 Å². The number of aliphatic imine (C=N–C) groups is 1. The largest absolute Gasteiger partial charge is 0.256 e. The van der Waals surface area contributed by atoms with Crippen LogP contribution in [0.1, 0.15) is 5.56 Å². The van der Waals surface area contributed by atoms with Gasteiger partial charge in [0.2, 0.25) is 0 Å². The Balaban J connectivity index is 0.00000112. The Bertz CT molecular complexity index is 413. The molecule has 0 atom stereocenters. The quantitative estimate of drug-likeness (QED) is 0.683. The predicted octanol–water partition coefficient (Wildman–Crippen LogP) is 3.54. The summed E-state index contributed by atoms with van der Waals surface area (Å²) < 4.78 is 0. The monoisotopic (exact) mass is 217 g/mol. The minimum Gasteiger partial charge on any atom is -0.256 e. The molecule has 0 unspecified atom stereocenters. The molecule has 1 heterocycles. The minimum atomic E-state index is 0. The van der Waals surface area contributed by atoms with E-state index in [2.05, 4.69) is 17.1 Å². The topological polar surface area (TPSA) is 12.4 Å². The van der Waals surface area contributed by atoms with Gasteiger partial charge >= 0.3 is 0 Å². The Hall–Kier alpha value is -1.60. The lowest BCUT2D eigenvalue weighted by molar-refractivity contribution is 1.52. The fraction of sp³-hybridized carbons (Fsp3) is 0. The highest BCUT2D eigenvalue weighted by Gasteiger charge is 1.96. The van der Waals surface area contributed by atoms with Crippen molar-refractivity contribution in [3.63, 3.8) is 0 Å². The van der Waals surface area contributed by atoms with E-state index in [-0.39, 0.29) is 12.4 Å². The van der Waals surface area contributed by atoms with Crippen LogP contribution in [0.5, 0.6) is 0 Å². The summed E-state index contributed by atoms with van der Waals surface area (Å²) in [6.45, 7) is 0. The average Bonchev–Trinajstić information content (AvgIpc) is 2.18. The summed E-state index contributed by atoms with van der Waals surface area (Å²) in [5.74, 6) is 0. The molecular weight excluding hydrogens is 206 g/mol. The van der Waals surface area contributed by atoms with E-state index in [1.165, 1.54) is 0 Å². The van der Waals surface area contributed by atoms with Gasteiger partial charge in [-0.2, -0.15) is 0 Å². The number of rotatable bonds is 1. The molecule has 1 aliphatic heterocycles. The summed E-state index contributed by atoms with van der Waals surface area (Å²) >= 11 is 0. The Morgan fingerprint density at radius 2 is 1.53 bits per heavy atom. The zero-order chi connectivity index (χ0) is 9.64. The first-order chi connectivity index (χ1) is 6.97. The molecule has 15 heavy (non-hydrogen) atoms. The lowest BCUT2D eigenvalue weighted by atomic mass is 10.1. The van der Waals surface area contributed by atoms with E-state index in [1.807, 2.05) is 54.8 Å². The first kappa shape index (κ1) is 11.5. The van der Waals surface area contributed by atoms with Crippen LogP contribution in [0.3, 0.4) is 0 Å². The Kier molecular flexibility index (Phi) is 4.58. The highest BCUT2D eigenvalue weighted by Crippen LogP contribution is 2.04. The van der Waals surface area contributed by atoms with Crippen LogP contribution in [0, 0.1) is 0 Å². The molecular formula is C13H12ClN. The second kappa shape index (κ2) is 5.99. The molecule has 0 spiro atoms. The van der Waals surface area contributed by atoms with E-state index >= 15 is 0 Å². The summed E-state index contributed by atoms with van der Waals surface area (Å²) in [5, 5.41) is 0. The Morgan fingerprint density at radius 3 is 2.33 bits per heavy atom. The summed E-state index contributed by atoms with van der Waals surface area (Å²) in [4.78, 5) is 4.35. The van der Waals surface area contributed by atoms with Gasteiger partial charge in [-0.3, -0.25) is 4.99 Å². The molecule has 0 saturated heterocycles. The number of allylic oxidation sites excluding steroid dienone is 5. The van der Waals surface area contributed by atoms with Crippen LogP contribution in [0.2, 0.25) is 0 Å². The molecule has 0 aliphatic carbocycles. The molecule has 0 N–H and O–H groups in total. The smallest absolute Gasteiger partial charge is 0.0701 e. The molecule has 0 bridgehead atoms. The Labute approximate surface area is 96.0 Å². The molecule has 2 rings (SSSR count). The molecule has 0 fully saturated rings. The number of nitrogens with zero attached hydrogens (tertiary/aromatic N) is 1. The van der Waals surface area contributed by atoms with E-state index in [4.69, 9.17) is 0 Å². The van der Waals surface area contributed by atoms with Crippen LogP contribution in [0.4, 0.5) is 0 Å². The number of hydrogen-bond acceptors (Lipinski definition) is 1. The molecule has 0 saturated carbocycles. The average molecular weight is 218 g/mol. The van der Waals surface area contributed by atoms with Gasteiger partial charge in [-0.25, -0.2) is 0 Å². The molecule has 1 aromatic carbocycles. The van der Waals surface area contributed by atoms with Crippen molar-refractivity contribution in [2.75, 3.05) is 0 Å². The third-order valence-corrected chi connectivity index (χ3v) is 1.96. The van der Waals surface area contributed by atoms with Gasteiger partial charge in [0.1, 0.15) is 0 Å². The second-order valence-electron chi connectivity index (χ2n) is 2.97. The van der Waals surface area contributed by atoms with E-state index in [0.29, 0.717) is 0 Å². The summed E-state index contributed by atoms with van der Waals surface area (Å²) in [5.41, 5.74) is 2.13. The van der Waals surface area contributed by atoms with Gasteiger partial charge in [0, 0.05) is 11.8 Å². The zero-order valence-corrected chi connectivity index (χ0v) is 9.02. The van der Waals surface area contributed by atoms with Crippen molar-refractivity contribution >= 4 is 18.1 Å². The van der Waals surface area contributed by atoms with Crippen LogP contribution in [0.25, 0.3) is 0 Å². The third-order valence-electron chi connectivity index (χ3n) is 1.96. The van der Waals surface area contributed by atoms with Gasteiger partial charge in [-0.1, -0.05) is 48.6 Å². The van der Waals surface area contributed by atoms with Crippen LogP contribution >= 0.6 is 12.4 Å². The van der Waals surface area contributed by atoms with Gasteiger partial charge in [0.15, 0.2) is 0 Å². The van der Waals surface area contributed by atoms with E-state index in [0.717, 1.165) is 11.3 Å². The predicted molar refractivity (Wildman–Crippen MR) is 67.6 cm³/mol. The summed E-state index contributed by atoms with van der Waals surface area (Å²) in [7, 11) is 0. The van der Waals surface area contributed by atoms with Crippen LogP contribution in [-0.2, 0) is 0 Å². The molecule has 0 radical (unpaired) electrons. The zero-order valence-electron chi connectivity index (χ0n) is 8.21. The molecule has 1 aromatic rings. The van der Waals surface area contributed by atoms with Crippen molar-refractivity contribution in [3.8, 4) is 0 Å². The second-order valence-corrected chi connectivity index (χ2v) is 2.97. The summed E-state index contributed by atoms with van der Waals surface area (Å²) in [6, 6.07) is 10.2. The first-order valence-corrected chi connectivity index (χ1v) is 4.60. The van der Waals surface area contributed by atoms with Crippen LogP contribution in [0.15, 0.2) is 71.9 Å². The molecule has 2 heteroatoms. The maximum Gasteiger partial charge on any atom is 0.0701 e. The third kappa shape index (κ3) is 3.22. The van der Waals surface area contributed by atoms with Crippen molar-refractivity contribution in [2.45, 2.75) is 0 Å². The van der Waals surface area contributed by atoms with Crippen molar-refractivity contribution in [2.24, 2.45) is 4.99 Å². The first-order valence-electron chi connectivity index (χ1n) is 4.60. The lowest BCUT2D eigenvalue weighted by Gasteiger charge is -1.99. The Morgan fingerprint density at radius 1 is 0.800 bits per heavy atom. The molecule has 76 valence electrons. The van der Waals surface area contributed by atoms with Crippen molar-refractivity contribution in [1.29, 1.82) is 0 Å². The fourth-order valence-corrected chi connectivity index (χ4v) is 1.27. The van der Waals surface area contributed by atoms with Crippen molar-refractivity contribution < 1.29 is 0 Å². The SMILES string of the molecule is C1=CC=CC(c2ccccc2)=NC=C1.Cl. The number of hydrogen-bond donors (Lipinski definition) is 0. The van der Waals surface area contributed by atoms with E-state index < -0.39 is 0 Å². The number of halogens is 1. The van der Waals surface area contributed by atoms with Gasteiger partial charge in [0.05, 0.1) is 5.71 Å². The summed E-state index contributed by atoms with van der Waals surface area (Å²) in [6.07, 6.45) is 11.7. The number of benzene rings is 1. The molecule has 0 aromatic heterocycles. The van der Waals surface area contributed by atoms with E-state index in [9.17, 15) is 0 Å². The van der Waals surface area contributed by atoms with Crippen molar-refractivity contribution in [1.82, 2.24) is 0 Å². The van der Waals surface area contributed by atoms with Gasteiger partial charge < -0.3 is 0 Å². The highest BCUT2D eigenvalue weighted by atomic mass is 35.5. The maximum absolute atomic E-state index is 4.35. The molecule has 1 aliphatic rings. The molecule has 1 nitrogen and oxygen atoms in total. The normalized spacial score (nSPS) is 13.7. The van der Waals surface area contributed by atoms with Gasteiger partial charge in [-0.05, 0) is 12.2 Å². The standard InChI is InChI=1S/C13H11N.ClH/c1-2-7-11-14-13(10-6-1)12-8-4-3-5-9-12;/h1-11H;1H. The molecule has 0 amide bonds. The van der Waals surface area contributed by atoms with Gasteiger partial charge in [0.25, 0.3) is 0 Å². The fourth-order valence-electron chi connectivity index (χ4n) is 1.27. The maximum atomic E-state index is 4.35. The van der Waals surface area contributed by atoms with E-state index in [1.54, 1.807) is 0 Å². The highest BCUT2D eigenvalue weighted by molar-refractivity contribution is 6.09. The van der Waals surface area contributed by atoms with Crippen LogP contribution < -0.4 is 0 Å².